The Kier molecular flexibility index (Phi) is 2.46. The lowest BCUT2D eigenvalue weighted by molar-refractivity contribution is -0.122. The molecule has 1 fully saturated rings. The molecule has 1 atom stereocenters. The van der Waals surface area contributed by atoms with Crippen molar-refractivity contribution in [3.05, 3.63) is 53.1 Å². The Morgan fingerprint density at radius 1 is 0.963 bits per heavy atom. The van der Waals surface area contributed by atoms with E-state index in [2.05, 4.69) is 5.32 Å². The number of para-hydroxylation sites is 1. The van der Waals surface area contributed by atoms with Crippen LogP contribution < -0.4 is 14.8 Å². The molecule has 27 heavy (non-hydrogen) atoms. The van der Waals surface area contributed by atoms with Gasteiger partial charge in [0.1, 0.15) is 22.5 Å². The van der Waals surface area contributed by atoms with Crippen LogP contribution in [-0.2, 0) is 10.2 Å². The van der Waals surface area contributed by atoms with E-state index >= 15 is 0 Å². The molecule has 4 aliphatic rings. The highest BCUT2D eigenvalue weighted by molar-refractivity contribution is 6.12. The van der Waals surface area contributed by atoms with Crippen molar-refractivity contribution in [3.8, 4) is 11.5 Å². The van der Waals surface area contributed by atoms with Gasteiger partial charge in [-0.05, 0) is 44.4 Å². The van der Waals surface area contributed by atoms with E-state index in [-0.39, 0.29) is 11.7 Å². The third-order valence-electron chi connectivity index (χ3n) is 6.31. The van der Waals surface area contributed by atoms with Gasteiger partial charge in [-0.15, -0.1) is 0 Å². The molecule has 0 radical (unpaired) electrons. The van der Waals surface area contributed by atoms with E-state index in [0.29, 0.717) is 23.5 Å². The van der Waals surface area contributed by atoms with Crippen molar-refractivity contribution in [1.29, 1.82) is 0 Å². The summed E-state index contributed by atoms with van der Waals surface area (Å²) >= 11 is 0. The molecule has 0 saturated heterocycles. The predicted octanol–water partition coefficient (Wildman–Crippen LogP) is 3.59. The smallest absolute Gasteiger partial charge is 0.239 e. The molecular weight excluding hydrogens is 342 g/mol. The number of Topliss-reactive ketones (excluding diaryl/α,β-unsaturated/α-hetero) is 1. The first-order chi connectivity index (χ1) is 12.8. The summed E-state index contributed by atoms with van der Waals surface area (Å²) in [5.74, 6) is 1.18. The summed E-state index contributed by atoms with van der Waals surface area (Å²) in [5, 5.41) is 3.03. The van der Waals surface area contributed by atoms with Crippen molar-refractivity contribution in [2.24, 2.45) is 0 Å². The van der Waals surface area contributed by atoms with Gasteiger partial charge in [-0.3, -0.25) is 9.59 Å². The second-order valence-corrected chi connectivity index (χ2v) is 8.71. The second kappa shape index (κ2) is 4.35. The average Bonchev–Trinajstić information content (AvgIpc) is 3.28. The number of carbonyl (C=O) groups excluding carboxylic acids is 2. The van der Waals surface area contributed by atoms with Gasteiger partial charge in [-0.1, -0.05) is 18.2 Å². The van der Waals surface area contributed by atoms with Crippen molar-refractivity contribution in [2.45, 2.75) is 49.7 Å². The Morgan fingerprint density at radius 2 is 1.74 bits per heavy atom. The van der Waals surface area contributed by atoms with Crippen molar-refractivity contribution >= 4 is 17.4 Å². The molecule has 3 heterocycles. The third kappa shape index (κ3) is 1.75. The van der Waals surface area contributed by atoms with Crippen LogP contribution in [0.4, 0.5) is 5.69 Å². The zero-order valence-corrected chi connectivity index (χ0v) is 15.2. The average molecular weight is 361 g/mol. The van der Waals surface area contributed by atoms with E-state index in [1.54, 1.807) is 0 Å². The number of ketones is 1. The minimum absolute atomic E-state index is 0.0342. The highest BCUT2D eigenvalue weighted by Crippen LogP contribution is 2.58. The lowest BCUT2D eigenvalue weighted by Crippen LogP contribution is -2.48. The number of amides is 1. The molecule has 2 aromatic carbocycles. The van der Waals surface area contributed by atoms with Crippen LogP contribution in [0.5, 0.6) is 11.5 Å². The topological polar surface area (TPSA) is 64.6 Å². The minimum Gasteiger partial charge on any atom is -0.487 e. The predicted molar refractivity (Wildman–Crippen MR) is 98.5 cm³/mol. The molecular formula is C22H19NO4. The van der Waals surface area contributed by atoms with Gasteiger partial charge >= 0.3 is 0 Å². The number of hydrogen-bond donors (Lipinski definition) is 1. The molecule has 136 valence electrons. The molecule has 2 aromatic rings. The van der Waals surface area contributed by atoms with Crippen LogP contribution in [0.15, 0.2) is 36.4 Å². The molecule has 5 heteroatoms. The zero-order chi connectivity index (χ0) is 18.6. The van der Waals surface area contributed by atoms with Crippen molar-refractivity contribution in [2.75, 3.05) is 5.32 Å². The Hall–Kier alpha value is -2.82. The van der Waals surface area contributed by atoms with Gasteiger partial charge in [0, 0.05) is 23.7 Å². The number of carbonyl (C=O) groups is 2. The quantitative estimate of drug-likeness (QED) is 0.779. The van der Waals surface area contributed by atoms with Gasteiger partial charge in [0.05, 0.1) is 5.56 Å². The molecule has 6 rings (SSSR count). The molecule has 2 spiro atoms. The molecule has 1 unspecified atom stereocenters. The number of anilines is 1. The van der Waals surface area contributed by atoms with Gasteiger partial charge in [-0.2, -0.15) is 0 Å². The maximum Gasteiger partial charge on any atom is 0.239 e. The van der Waals surface area contributed by atoms with Crippen LogP contribution in [0.1, 0.15) is 54.6 Å². The summed E-state index contributed by atoms with van der Waals surface area (Å²) in [6.07, 6.45) is 2.02. The van der Waals surface area contributed by atoms with Crippen LogP contribution in [-0.4, -0.2) is 22.9 Å². The minimum atomic E-state index is -0.859. The highest BCUT2D eigenvalue weighted by atomic mass is 16.5. The third-order valence-corrected chi connectivity index (χ3v) is 6.31. The van der Waals surface area contributed by atoms with Gasteiger partial charge in [0.2, 0.25) is 11.7 Å². The van der Waals surface area contributed by atoms with Crippen LogP contribution in [0.25, 0.3) is 0 Å². The summed E-state index contributed by atoms with van der Waals surface area (Å²) in [5.41, 5.74) is 1.06. The zero-order valence-electron chi connectivity index (χ0n) is 15.2. The molecule has 5 nitrogen and oxygen atoms in total. The molecule has 0 bridgehead atoms. The fraction of sp³-hybridized carbons (Fsp3) is 0.364. The Balaban J connectivity index is 1.64. The van der Waals surface area contributed by atoms with E-state index in [4.69, 9.17) is 9.47 Å². The Labute approximate surface area is 156 Å². The van der Waals surface area contributed by atoms with Gasteiger partial charge in [0.25, 0.3) is 0 Å². The summed E-state index contributed by atoms with van der Waals surface area (Å²) in [6.45, 7) is 3.99. The number of nitrogens with one attached hydrogen (secondary N) is 1. The Morgan fingerprint density at radius 3 is 2.52 bits per heavy atom. The molecule has 1 aliphatic carbocycles. The molecule has 1 N–H and O–H groups in total. The largest absolute Gasteiger partial charge is 0.487 e. The van der Waals surface area contributed by atoms with Crippen LogP contribution in [0.3, 0.4) is 0 Å². The highest BCUT2D eigenvalue weighted by Gasteiger charge is 2.60. The van der Waals surface area contributed by atoms with Crippen LogP contribution in [0.2, 0.25) is 0 Å². The molecule has 3 aliphatic heterocycles. The van der Waals surface area contributed by atoms with Crippen LogP contribution >= 0.6 is 0 Å². The van der Waals surface area contributed by atoms with E-state index in [1.165, 1.54) is 0 Å². The fourth-order valence-electron chi connectivity index (χ4n) is 5.01. The van der Waals surface area contributed by atoms with Gasteiger partial charge in [0.15, 0.2) is 5.60 Å². The van der Waals surface area contributed by atoms with Crippen molar-refractivity contribution < 1.29 is 19.1 Å². The Bertz CT molecular complexity index is 1070. The van der Waals surface area contributed by atoms with E-state index in [0.717, 1.165) is 29.7 Å². The van der Waals surface area contributed by atoms with Crippen LogP contribution in [0, 0.1) is 0 Å². The monoisotopic (exact) mass is 361 g/mol. The first kappa shape index (κ1) is 15.3. The van der Waals surface area contributed by atoms with Gasteiger partial charge in [-0.25, -0.2) is 0 Å². The fourth-order valence-corrected chi connectivity index (χ4v) is 5.01. The SMILES string of the molecule is CC1(C)CC2(C(=O)Nc3ccccc32)c2cc3c(cc2O1)OC1(CC1)C3=O. The number of ether oxygens (including phenoxy) is 2. The lowest BCUT2D eigenvalue weighted by atomic mass is 9.67. The lowest BCUT2D eigenvalue weighted by Gasteiger charge is -2.43. The summed E-state index contributed by atoms with van der Waals surface area (Å²) in [6, 6.07) is 11.4. The first-order valence-electron chi connectivity index (χ1n) is 9.37. The molecule has 1 saturated carbocycles. The molecule has 1 amide bonds. The number of rotatable bonds is 0. The first-order valence-corrected chi connectivity index (χ1v) is 9.37. The standard InChI is InChI=1S/C22H19NO4/c1-20(2)11-22(13-5-3-4-6-15(13)23-19(22)25)14-9-12-16(10-17(14)26-20)27-21(7-8-21)18(12)24/h3-6,9-10H,7-8,11H2,1-2H3,(H,23,25). The number of benzene rings is 2. The maximum absolute atomic E-state index is 13.3. The number of hydrogen-bond acceptors (Lipinski definition) is 4. The van der Waals surface area contributed by atoms with E-state index in [1.807, 2.05) is 50.2 Å². The van der Waals surface area contributed by atoms with E-state index in [9.17, 15) is 9.59 Å². The maximum atomic E-state index is 13.3. The van der Waals surface area contributed by atoms with Crippen molar-refractivity contribution in [1.82, 2.24) is 0 Å². The van der Waals surface area contributed by atoms with Gasteiger partial charge < -0.3 is 14.8 Å². The normalized spacial score (nSPS) is 27.5. The summed E-state index contributed by atoms with van der Waals surface area (Å²) in [7, 11) is 0. The van der Waals surface area contributed by atoms with Crippen molar-refractivity contribution in [3.63, 3.8) is 0 Å². The second-order valence-electron chi connectivity index (χ2n) is 8.71. The van der Waals surface area contributed by atoms with E-state index < -0.39 is 16.6 Å². The summed E-state index contributed by atoms with van der Waals surface area (Å²) < 4.78 is 12.2. The molecule has 0 aromatic heterocycles. The summed E-state index contributed by atoms with van der Waals surface area (Å²) in [4.78, 5) is 26.2. The number of fused-ring (bicyclic) bond motifs is 5.